The molecule has 1 amide bonds. The number of halogens is 2. The van der Waals surface area contributed by atoms with Gasteiger partial charge < -0.3 is 10.6 Å². The molecule has 2 N–H and O–H groups in total. The Labute approximate surface area is 133 Å². The monoisotopic (exact) mass is 332 g/mol. The van der Waals surface area contributed by atoms with Gasteiger partial charge in [0.05, 0.1) is 10.3 Å². The smallest absolute Gasteiger partial charge is 0.236 e. The maximum absolute atomic E-state index is 12.5. The van der Waals surface area contributed by atoms with Crippen LogP contribution in [0.4, 0.5) is 0 Å². The van der Waals surface area contributed by atoms with Crippen LogP contribution in [-0.2, 0) is 4.79 Å². The first-order valence-electron chi connectivity index (χ1n) is 6.65. The minimum Gasteiger partial charge on any atom is -0.337 e. The number of thioether (sulfide) groups is 1. The number of benzene rings is 1. The second-order valence-corrected chi connectivity index (χ2v) is 7.12. The number of nitrogens with zero attached hydrogens (tertiary/aromatic N) is 1. The number of carbonyl (C=O) groups is 1. The molecule has 20 heavy (non-hydrogen) atoms. The Bertz CT molecular complexity index is 498. The van der Waals surface area contributed by atoms with E-state index in [1.165, 1.54) is 11.8 Å². The van der Waals surface area contributed by atoms with Crippen molar-refractivity contribution in [3.8, 4) is 0 Å². The van der Waals surface area contributed by atoms with Crippen molar-refractivity contribution in [1.29, 1.82) is 0 Å². The fourth-order valence-corrected chi connectivity index (χ4v) is 3.89. The summed E-state index contributed by atoms with van der Waals surface area (Å²) < 4.78 is 0. The van der Waals surface area contributed by atoms with Gasteiger partial charge >= 0.3 is 0 Å². The zero-order chi connectivity index (χ0) is 14.7. The maximum Gasteiger partial charge on any atom is 0.236 e. The van der Waals surface area contributed by atoms with E-state index in [4.69, 9.17) is 28.9 Å². The topological polar surface area (TPSA) is 46.3 Å². The van der Waals surface area contributed by atoms with Crippen molar-refractivity contribution in [1.82, 2.24) is 4.90 Å². The lowest BCUT2D eigenvalue weighted by atomic mass is 10.2. The molecule has 2 atom stereocenters. The Morgan fingerprint density at radius 3 is 3.00 bits per heavy atom. The third-order valence-electron chi connectivity index (χ3n) is 3.48. The number of hydrogen-bond acceptors (Lipinski definition) is 3. The van der Waals surface area contributed by atoms with Gasteiger partial charge in [-0.15, -0.1) is 11.8 Å². The molecule has 0 saturated carbocycles. The zero-order valence-corrected chi connectivity index (χ0v) is 13.6. The minimum absolute atomic E-state index is 0.124. The summed E-state index contributed by atoms with van der Waals surface area (Å²) in [6.45, 7) is 3.23. The predicted molar refractivity (Wildman–Crippen MR) is 85.6 cm³/mol. The second kappa shape index (κ2) is 7.03. The summed E-state index contributed by atoms with van der Waals surface area (Å²) in [5, 5.41) is 1.05. The van der Waals surface area contributed by atoms with E-state index in [9.17, 15) is 4.79 Å². The molecule has 1 heterocycles. The molecule has 0 aliphatic carbocycles. The summed E-state index contributed by atoms with van der Waals surface area (Å²) in [6.07, 6.45) is 2.03. The first-order valence-corrected chi connectivity index (χ1v) is 8.28. The number of amides is 1. The molecule has 0 radical (unpaired) electrons. The van der Waals surface area contributed by atoms with Crippen molar-refractivity contribution < 1.29 is 4.79 Å². The van der Waals surface area contributed by atoms with E-state index in [-0.39, 0.29) is 17.2 Å². The molecular weight excluding hydrogens is 315 g/mol. The van der Waals surface area contributed by atoms with Gasteiger partial charge in [0.2, 0.25) is 5.91 Å². The van der Waals surface area contributed by atoms with Gasteiger partial charge in [-0.25, -0.2) is 0 Å². The summed E-state index contributed by atoms with van der Waals surface area (Å²) >= 11 is 13.5. The van der Waals surface area contributed by atoms with Gasteiger partial charge in [-0.1, -0.05) is 23.2 Å². The molecule has 110 valence electrons. The van der Waals surface area contributed by atoms with E-state index < -0.39 is 0 Å². The maximum atomic E-state index is 12.5. The highest BCUT2D eigenvalue weighted by molar-refractivity contribution is 8.00. The fraction of sp³-hybridized carbons (Fsp3) is 0.500. The quantitative estimate of drug-likeness (QED) is 0.859. The average molecular weight is 333 g/mol. The van der Waals surface area contributed by atoms with Crippen LogP contribution < -0.4 is 5.73 Å². The lowest BCUT2D eigenvalue weighted by Gasteiger charge is -2.26. The number of hydrogen-bond donors (Lipinski definition) is 1. The van der Waals surface area contributed by atoms with Crippen LogP contribution in [0.15, 0.2) is 23.1 Å². The molecule has 0 bridgehead atoms. The highest BCUT2D eigenvalue weighted by atomic mass is 35.5. The zero-order valence-electron chi connectivity index (χ0n) is 11.3. The van der Waals surface area contributed by atoms with Gasteiger partial charge in [0.1, 0.15) is 0 Å². The Hall–Kier alpha value is -0.420. The van der Waals surface area contributed by atoms with Gasteiger partial charge in [-0.3, -0.25) is 4.79 Å². The van der Waals surface area contributed by atoms with Gasteiger partial charge in [0.15, 0.2) is 0 Å². The van der Waals surface area contributed by atoms with Crippen molar-refractivity contribution in [2.45, 2.75) is 36.0 Å². The van der Waals surface area contributed by atoms with Crippen LogP contribution in [-0.4, -0.2) is 35.2 Å². The van der Waals surface area contributed by atoms with E-state index in [0.29, 0.717) is 16.6 Å². The lowest BCUT2D eigenvalue weighted by Crippen LogP contribution is -2.43. The fourth-order valence-electron chi connectivity index (χ4n) is 2.41. The van der Waals surface area contributed by atoms with Crippen LogP contribution in [0.25, 0.3) is 0 Å². The third kappa shape index (κ3) is 3.61. The van der Waals surface area contributed by atoms with E-state index in [2.05, 4.69) is 0 Å². The molecule has 2 unspecified atom stereocenters. The van der Waals surface area contributed by atoms with Gasteiger partial charge in [-0.2, -0.15) is 0 Å². The van der Waals surface area contributed by atoms with Gasteiger partial charge in [0, 0.05) is 29.0 Å². The van der Waals surface area contributed by atoms with Crippen LogP contribution in [0.2, 0.25) is 10.0 Å². The lowest BCUT2D eigenvalue weighted by molar-refractivity contribution is -0.130. The molecule has 1 aromatic carbocycles. The SMILES string of the molecule is CC(Sc1cc(Cl)ccc1Cl)C(=O)N1CCCC1CN. The Kier molecular flexibility index (Phi) is 5.61. The molecule has 0 aromatic heterocycles. The van der Waals surface area contributed by atoms with E-state index >= 15 is 0 Å². The average Bonchev–Trinajstić information content (AvgIpc) is 2.90. The number of likely N-dealkylation sites (tertiary alicyclic amines) is 1. The number of nitrogens with two attached hydrogens (primary N) is 1. The van der Waals surface area contributed by atoms with Crippen molar-refractivity contribution in [2.24, 2.45) is 5.73 Å². The summed E-state index contributed by atoms with van der Waals surface area (Å²) in [5.41, 5.74) is 5.72. The number of carbonyl (C=O) groups excluding carboxylic acids is 1. The van der Waals surface area contributed by atoms with Gasteiger partial charge in [-0.05, 0) is 38.0 Å². The molecule has 1 saturated heterocycles. The van der Waals surface area contributed by atoms with Crippen molar-refractivity contribution in [3.63, 3.8) is 0 Å². The molecule has 3 nitrogen and oxygen atoms in total. The molecular formula is C14H18Cl2N2OS. The van der Waals surface area contributed by atoms with Crippen molar-refractivity contribution in [2.75, 3.05) is 13.1 Å². The van der Waals surface area contributed by atoms with E-state index in [0.717, 1.165) is 24.3 Å². The third-order valence-corrected chi connectivity index (χ3v) is 5.30. The van der Waals surface area contributed by atoms with E-state index in [1.54, 1.807) is 18.2 Å². The van der Waals surface area contributed by atoms with Crippen LogP contribution >= 0.6 is 35.0 Å². The minimum atomic E-state index is -0.196. The van der Waals surface area contributed by atoms with E-state index in [1.807, 2.05) is 11.8 Å². The molecule has 1 aromatic rings. The second-order valence-electron chi connectivity index (χ2n) is 4.90. The molecule has 0 spiro atoms. The van der Waals surface area contributed by atoms with Crippen LogP contribution in [0.1, 0.15) is 19.8 Å². The highest BCUT2D eigenvalue weighted by Gasteiger charge is 2.31. The van der Waals surface area contributed by atoms with Gasteiger partial charge in [0.25, 0.3) is 0 Å². The largest absolute Gasteiger partial charge is 0.337 e. The van der Waals surface area contributed by atoms with Crippen molar-refractivity contribution >= 4 is 40.9 Å². The first kappa shape index (κ1) is 16.0. The molecule has 1 aliphatic rings. The van der Waals surface area contributed by atoms with Crippen molar-refractivity contribution in [3.05, 3.63) is 28.2 Å². The van der Waals surface area contributed by atoms with Crippen LogP contribution in [0.5, 0.6) is 0 Å². The normalized spacial score (nSPS) is 20.2. The Balaban J connectivity index is 2.05. The standard InChI is InChI=1S/C14H18Cl2N2OS/c1-9(14(19)18-6-2-3-11(18)8-17)20-13-7-10(15)4-5-12(13)16/h4-5,7,9,11H,2-3,6,8,17H2,1H3. The summed E-state index contributed by atoms with van der Waals surface area (Å²) in [7, 11) is 0. The molecule has 2 rings (SSSR count). The van der Waals surface area contributed by atoms with Crippen LogP contribution in [0.3, 0.4) is 0 Å². The summed E-state index contributed by atoms with van der Waals surface area (Å²) in [6, 6.07) is 5.47. The molecule has 1 aliphatic heterocycles. The summed E-state index contributed by atoms with van der Waals surface area (Å²) in [4.78, 5) is 15.2. The highest BCUT2D eigenvalue weighted by Crippen LogP contribution is 2.34. The summed E-state index contributed by atoms with van der Waals surface area (Å²) in [5.74, 6) is 0.124. The molecule has 1 fully saturated rings. The Morgan fingerprint density at radius 2 is 2.30 bits per heavy atom. The molecule has 6 heteroatoms. The van der Waals surface area contributed by atoms with Crippen LogP contribution in [0, 0.1) is 0 Å². The Morgan fingerprint density at radius 1 is 1.55 bits per heavy atom. The predicted octanol–water partition coefficient (Wildman–Crippen LogP) is 3.42. The first-order chi connectivity index (χ1) is 9.52. The number of rotatable bonds is 4.